The number of rotatable bonds is 5. The Balaban J connectivity index is 1.51. The van der Waals surface area contributed by atoms with Crippen molar-refractivity contribution in [3.63, 3.8) is 0 Å². The lowest BCUT2D eigenvalue weighted by molar-refractivity contribution is -0.135. The van der Waals surface area contributed by atoms with Crippen LogP contribution in [0.25, 0.3) is 10.9 Å². The van der Waals surface area contributed by atoms with Gasteiger partial charge in [0.2, 0.25) is 17.7 Å². The molecular formula is C30H37N5O5. The Morgan fingerprint density at radius 2 is 1.82 bits per heavy atom. The highest BCUT2D eigenvalue weighted by Crippen LogP contribution is 2.20. The summed E-state index contributed by atoms with van der Waals surface area (Å²) < 4.78 is 5.98. The molecule has 0 bridgehead atoms. The number of aromatic nitrogens is 1. The first-order chi connectivity index (χ1) is 19.2. The van der Waals surface area contributed by atoms with Crippen molar-refractivity contribution < 1.29 is 23.9 Å². The quantitative estimate of drug-likeness (QED) is 0.390. The van der Waals surface area contributed by atoms with Crippen LogP contribution in [0, 0.1) is 5.92 Å². The number of hydrogen-bond acceptors (Lipinski definition) is 5. The van der Waals surface area contributed by atoms with Gasteiger partial charge >= 0.3 is 0 Å². The van der Waals surface area contributed by atoms with Crippen molar-refractivity contribution in [1.29, 1.82) is 0 Å². The zero-order chi connectivity index (χ0) is 28.6. The number of carbonyl (C=O) groups is 4. The fraction of sp³-hybridized carbons (Fsp3) is 0.400. The molecule has 1 aliphatic heterocycles. The van der Waals surface area contributed by atoms with E-state index in [4.69, 9.17) is 4.74 Å². The molecule has 0 saturated heterocycles. The number of para-hydroxylation sites is 2. The smallest absolute Gasteiger partial charge is 0.255 e. The van der Waals surface area contributed by atoms with E-state index < -0.39 is 11.9 Å². The average Bonchev–Trinajstić information content (AvgIpc) is 3.35. The molecule has 0 radical (unpaired) electrons. The van der Waals surface area contributed by atoms with Gasteiger partial charge in [-0.25, -0.2) is 0 Å². The van der Waals surface area contributed by atoms with Gasteiger partial charge in [-0.1, -0.05) is 44.2 Å². The number of aromatic amines is 1. The zero-order valence-corrected chi connectivity index (χ0v) is 23.2. The maximum atomic E-state index is 13.3. The second-order valence-corrected chi connectivity index (χ2v) is 10.4. The van der Waals surface area contributed by atoms with Gasteiger partial charge in [-0.05, 0) is 42.5 Å². The average molecular weight is 548 g/mol. The van der Waals surface area contributed by atoms with Crippen LogP contribution in [-0.4, -0.2) is 72.3 Å². The lowest BCUT2D eigenvalue weighted by Crippen LogP contribution is -2.48. The summed E-state index contributed by atoms with van der Waals surface area (Å²) in [7, 11) is 1.55. The monoisotopic (exact) mass is 547 g/mol. The lowest BCUT2D eigenvalue weighted by atomic mass is 10.1. The Labute approximate surface area is 233 Å². The molecule has 0 saturated carbocycles. The summed E-state index contributed by atoms with van der Waals surface area (Å²) in [6, 6.07) is 13.4. The molecule has 10 nitrogen and oxygen atoms in total. The molecule has 1 aliphatic rings. The number of ether oxygens (including phenoxy) is 1. The van der Waals surface area contributed by atoms with E-state index in [9.17, 15) is 19.2 Å². The minimum atomic E-state index is -0.955. The predicted octanol–water partition coefficient (Wildman–Crippen LogP) is 2.40. The molecule has 0 spiro atoms. The van der Waals surface area contributed by atoms with Crippen LogP contribution in [0.1, 0.15) is 42.6 Å². The molecule has 10 heteroatoms. The molecule has 3 aromatic rings. The molecule has 4 rings (SSSR count). The van der Waals surface area contributed by atoms with E-state index in [1.807, 2.05) is 44.3 Å². The van der Waals surface area contributed by atoms with Crippen LogP contribution in [0.5, 0.6) is 5.75 Å². The predicted molar refractivity (Wildman–Crippen MR) is 152 cm³/mol. The van der Waals surface area contributed by atoms with Gasteiger partial charge in [-0.3, -0.25) is 19.2 Å². The van der Waals surface area contributed by atoms with Gasteiger partial charge < -0.3 is 30.6 Å². The van der Waals surface area contributed by atoms with Crippen LogP contribution in [0.4, 0.5) is 0 Å². The summed E-state index contributed by atoms with van der Waals surface area (Å²) in [6.07, 6.45) is 2.58. The highest BCUT2D eigenvalue weighted by Gasteiger charge is 2.26. The second kappa shape index (κ2) is 13.1. The zero-order valence-electron chi connectivity index (χ0n) is 23.2. The van der Waals surface area contributed by atoms with Crippen molar-refractivity contribution in [2.45, 2.75) is 45.2 Å². The largest absolute Gasteiger partial charge is 0.491 e. The van der Waals surface area contributed by atoms with E-state index in [0.29, 0.717) is 18.7 Å². The molecule has 2 aromatic carbocycles. The minimum absolute atomic E-state index is 0.0175. The van der Waals surface area contributed by atoms with Crippen molar-refractivity contribution in [3.05, 3.63) is 65.9 Å². The van der Waals surface area contributed by atoms with Crippen molar-refractivity contribution in [2.24, 2.45) is 5.92 Å². The molecule has 0 aliphatic carbocycles. The van der Waals surface area contributed by atoms with Crippen LogP contribution in [0.3, 0.4) is 0 Å². The van der Waals surface area contributed by atoms with Crippen molar-refractivity contribution >= 4 is 34.5 Å². The highest BCUT2D eigenvalue weighted by atomic mass is 16.5. The van der Waals surface area contributed by atoms with Crippen LogP contribution in [-0.2, 0) is 20.8 Å². The highest BCUT2D eigenvalue weighted by molar-refractivity contribution is 5.99. The molecule has 2 heterocycles. The van der Waals surface area contributed by atoms with E-state index in [2.05, 4.69) is 20.9 Å². The number of amides is 4. The van der Waals surface area contributed by atoms with E-state index in [0.717, 1.165) is 16.5 Å². The topological polar surface area (TPSA) is 133 Å². The first-order valence-electron chi connectivity index (χ1n) is 13.6. The maximum absolute atomic E-state index is 13.3. The van der Waals surface area contributed by atoms with E-state index in [-0.39, 0.29) is 61.2 Å². The molecular weight excluding hydrogens is 510 g/mol. The number of fused-ring (bicyclic) bond motifs is 2. The van der Waals surface area contributed by atoms with E-state index >= 15 is 0 Å². The Hall–Kier alpha value is -4.34. The molecule has 0 fully saturated rings. The molecule has 212 valence electrons. The Bertz CT molecular complexity index is 1370. The molecule has 0 unspecified atom stereocenters. The summed E-state index contributed by atoms with van der Waals surface area (Å²) in [5, 5.41) is 9.73. The van der Waals surface area contributed by atoms with Gasteiger partial charge in [0.25, 0.3) is 5.91 Å². The molecule has 40 heavy (non-hydrogen) atoms. The Kier molecular flexibility index (Phi) is 9.42. The van der Waals surface area contributed by atoms with Crippen LogP contribution >= 0.6 is 0 Å². The number of nitrogens with zero attached hydrogens (tertiary/aromatic N) is 1. The summed E-state index contributed by atoms with van der Waals surface area (Å²) >= 11 is 0. The summed E-state index contributed by atoms with van der Waals surface area (Å²) in [6.45, 7) is 4.29. The normalized spacial score (nSPS) is 19.2. The fourth-order valence-corrected chi connectivity index (χ4v) is 4.66. The Morgan fingerprint density at radius 3 is 2.62 bits per heavy atom. The molecule has 2 atom stereocenters. The minimum Gasteiger partial charge on any atom is -0.491 e. The standard InChI is InChI=1S/C30H37N5O5/c1-19(2)25-18-40-26-11-7-5-9-22(26)29(38)34-24(12-13-28(37)35(3)17-27(36)33-25)30(39)31-15-14-20-16-32-23-10-6-4-8-21(20)23/h4-11,16,19,24-25,32H,12-15,17-18H2,1-3H3,(H,31,39)(H,33,36)(H,34,38)/t24-,25-/m0/s1. The first-order valence-corrected chi connectivity index (χ1v) is 13.6. The fourth-order valence-electron chi connectivity index (χ4n) is 4.66. The number of carbonyl (C=O) groups excluding carboxylic acids is 4. The number of H-pyrrole nitrogens is 1. The first kappa shape index (κ1) is 28.7. The third-order valence-electron chi connectivity index (χ3n) is 7.14. The number of hydrogen-bond donors (Lipinski definition) is 4. The van der Waals surface area contributed by atoms with Gasteiger partial charge in [0.1, 0.15) is 18.4 Å². The van der Waals surface area contributed by atoms with Gasteiger partial charge in [0, 0.05) is 37.1 Å². The van der Waals surface area contributed by atoms with Crippen LogP contribution < -0.4 is 20.7 Å². The number of nitrogens with one attached hydrogen (secondary N) is 4. The summed E-state index contributed by atoms with van der Waals surface area (Å²) in [4.78, 5) is 56.6. The molecule has 4 N–H and O–H groups in total. The van der Waals surface area contributed by atoms with Gasteiger partial charge in [-0.15, -0.1) is 0 Å². The maximum Gasteiger partial charge on any atom is 0.255 e. The summed E-state index contributed by atoms with van der Waals surface area (Å²) in [5.74, 6) is -1.06. The van der Waals surface area contributed by atoms with E-state index in [1.165, 1.54) is 4.90 Å². The van der Waals surface area contributed by atoms with Gasteiger partial charge in [0.05, 0.1) is 18.2 Å². The van der Waals surface area contributed by atoms with Crippen LogP contribution in [0.15, 0.2) is 54.7 Å². The van der Waals surface area contributed by atoms with Gasteiger partial charge in [0.15, 0.2) is 0 Å². The van der Waals surface area contributed by atoms with Crippen molar-refractivity contribution in [3.8, 4) is 5.75 Å². The van der Waals surface area contributed by atoms with E-state index in [1.54, 1.807) is 31.3 Å². The van der Waals surface area contributed by atoms with Crippen molar-refractivity contribution in [2.75, 3.05) is 26.7 Å². The second-order valence-electron chi connectivity index (χ2n) is 10.4. The Morgan fingerprint density at radius 1 is 1.07 bits per heavy atom. The van der Waals surface area contributed by atoms with Crippen LogP contribution in [0.2, 0.25) is 0 Å². The molecule has 4 amide bonds. The SMILES string of the molecule is CC(C)[C@@H]1COc2ccccc2C(=O)N[C@H](C(=O)NCCc2c[nH]c3ccccc23)CCC(=O)N(C)CC(=O)N1. The number of likely N-dealkylation sites (N-methyl/N-ethyl adjacent to an activating group) is 1. The van der Waals surface area contributed by atoms with Gasteiger partial charge in [-0.2, -0.15) is 0 Å². The van der Waals surface area contributed by atoms with Crippen molar-refractivity contribution in [1.82, 2.24) is 25.8 Å². The number of benzene rings is 2. The third-order valence-corrected chi connectivity index (χ3v) is 7.14. The lowest BCUT2D eigenvalue weighted by Gasteiger charge is -2.24. The summed E-state index contributed by atoms with van der Waals surface area (Å²) in [5.41, 5.74) is 2.36. The third kappa shape index (κ3) is 7.19. The molecule has 1 aromatic heterocycles.